The van der Waals surface area contributed by atoms with Crippen LogP contribution in [0.4, 0.5) is 5.69 Å². The minimum absolute atomic E-state index is 0.110. The zero-order valence-electron chi connectivity index (χ0n) is 14.8. The molecule has 1 aromatic heterocycles. The summed E-state index contributed by atoms with van der Waals surface area (Å²) in [6, 6.07) is 17.8. The molecule has 0 N–H and O–H groups in total. The molecule has 1 aliphatic rings. The van der Waals surface area contributed by atoms with Crippen LogP contribution in [-0.2, 0) is 4.79 Å². The Kier molecular flexibility index (Phi) is 4.45. The molecule has 3 aromatic rings. The molecule has 28 heavy (non-hydrogen) atoms. The summed E-state index contributed by atoms with van der Waals surface area (Å²) >= 11 is 0. The average molecular weight is 372 g/mol. The number of nitro benzene ring substituents is 1. The van der Waals surface area contributed by atoms with Gasteiger partial charge in [-0.15, -0.1) is 0 Å². The van der Waals surface area contributed by atoms with E-state index in [0.29, 0.717) is 28.7 Å². The normalized spacial score (nSPS) is 18.1. The van der Waals surface area contributed by atoms with Crippen molar-refractivity contribution in [3.8, 4) is 0 Å². The van der Waals surface area contributed by atoms with Gasteiger partial charge in [0, 0.05) is 40.6 Å². The van der Waals surface area contributed by atoms with E-state index in [-0.39, 0.29) is 11.5 Å². The number of hydrogen-bond acceptors (Lipinski definition) is 4. The highest BCUT2D eigenvalue weighted by molar-refractivity contribution is 6.02. The van der Waals surface area contributed by atoms with Gasteiger partial charge < -0.3 is 4.57 Å². The van der Waals surface area contributed by atoms with Crippen LogP contribution in [0.3, 0.4) is 0 Å². The second kappa shape index (κ2) is 7.08. The van der Waals surface area contributed by atoms with Gasteiger partial charge in [0.25, 0.3) is 5.69 Å². The van der Waals surface area contributed by atoms with E-state index in [1.165, 1.54) is 6.07 Å². The van der Waals surface area contributed by atoms with Crippen molar-refractivity contribution in [3.63, 3.8) is 0 Å². The molecule has 2 aromatic carbocycles. The second-order valence-electron chi connectivity index (χ2n) is 6.57. The molecule has 2 atom stereocenters. The maximum Gasteiger partial charge on any atom is 0.273 e. The van der Waals surface area contributed by atoms with Crippen LogP contribution in [0.5, 0.6) is 0 Å². The molecule has 2 heterocycles. The Morgan fingerprint density at radius 2 is 1.71 bits per heavy atom. The van der Waals surface area contributed by atoms with Gasteiger partial charge in [-0.25, -0.2) is 0 Å². The Morgan fingerprint density at radius 3 is 2.43 bits per heavy atom. The van der Waals surface area contributed by atoms with Crippen molar-refractivity contribution < 1.29 is 14.5 Å². The third kappa shape index (κ3) is 2.85. The maximum atomic E-state index is 13.5. The van der Waals surface area contributed by atoms with E-state index >= 15 is 0 Å². The molecule has 0 saturated heterocycles. The van der Waals surface area contributed by atoms with Crippen LogP contribution >= 0.6 is 0 Å². The molecule has 0 spiro atoms. The van der Waals surface area contributed by atoms with Gasteiger partial charge in [0.2, 0.25) is 0 Å². The molecule has 0 radical (unpaired) electrons. The Morgan fingerprint density at radius 1 is 1.00 bits per heavy atom. The summed E-state index contributed by atoms with van der Waals surface area (Å²) in [6.45, 7) is 0. The third-order valence-corrected chi connectivity index (χ3v) is 5.03. The molecule has 0 aliphatic carbocycles. The predicted octanol–water partition coefficient (Wildman–Crippen LogP) is 4.20. The standard InChI is InChI=1S/C22H16N2O4/c25-14-16-13-17-9-6-12-23(17)21(22(26)15-7-2-1-3-8-15)20(16)18-10-4-5-11-19(18)24(27)28/h1-14,20-21H. The number of benzene rings is 2. The fourth-order valence-corrected chi connectivity index (χ4v) is 3.81. The SMILES string of the molecule is O=CC1=Cc2cccn2C(C(=O)c2ccccc2)C1c1ccccc1[N+](=O)[O-]. The molecule has 0 amide bonds. The maximum absolute atomic E-state index is 13.5. The Bertz CT molecular complexity index is 1100. The van der Waals surface area contributed by atoms with Gasteiger partial charge in [0.15, 0.2) is 5.78 Å². The number of aromatic nitrogens is 1. The van der Waals surface area contributed by atoms with Gasteiger partial charge in [-0.3, -0.25) is 19.7 Å². The number of Topliss-reactive ketones (excluding diaryl/α,β-unsaturated/α-hetero) is 1. The number of ketones is 1. The lowest BCUT2D eigenvalue weighted by Crippen LogP contribution is -2.31. The summed E-state index contributed by atoms with van der Waals surface area (Å²) in [5.41, 5.74) is 1.78. The number of allylic oxidation sites excluding steroid dienone is 1. The van der Waals surface area contributed by atoms with Crippen molar-refractivity contribution in [2.75, 3.05) is 0 Å². The van der Waals surface area contributed by atoms with Crippen molar-refractivity contribution in [3.05, 3.63) is 105 Å². The summed E-state index contributed by atoms with van der Waals surface area (Å²) in [6.07, 6.45) is 4.13. The summed E-state index contributed by atoms with van der Waals surface area (Å²) in [7, 11) is 0. The average Bonchev–Trinajstić information content (AvgIpc) is 3.20. The van der Waals surface area contributed by atoms with E-state index in [4.69, 9.17) is 0 Å². The zero-order chi connectivity index (χ0) is 19.7. The highest BCUT2D eigenvalue weighted by Crippen LogP contribution is 2.44. The van der Waals surface area contributed by atoms with Crippen LogP contribution in [0.25, 0.3) is 6.08 Å². The largest absolute Gasteiger partial charge is 0.336 e. The smallest absolute Gasteiger partial charge is 0.273 e. The van der Waals surface area contributed by atoms with Crippen molar-refractivity contribution in [1.82, 2.24) is 4.57 Å². The number of nitrogens with zero attached hydrogens (tertiary/aromatic N) is 2. The number of hydrogen-bond donors (Lipinski definition) is 0. The number of aldehydes is 1. The van der Waals surface area contributed by atoms with E-state index < -0.39 is 16.9 Å². The molecule has 0 saturated carbocycles. The molecule has 6 heteroatoms. The summed E-state index contributed by atoms with van der Waals surface area (Å²) in [5, 5.41) is 11.6. The van der Waals surface area contributed by atoms with Crippen LogP contribution in [0.1, 0.15) is 33.6 Å². The summed E-state index contributed by atoms with van der Waals surface area (Å²) in [5.74, 6) is -0.958. The molecule has 4 rings (SSSR count). The molecular weight excluding hydrogens is 356 g/mol. The van der Waals surface area contributed by atoms with Crippen LogP contribution in [-0.4, -0.2) is 21.6 Å². The van der Waals surface area contributed by atoms with E-state index in [0.717, 1.165) is 0 Å². The minimum atomic E-state index is -0.793. The van der Waals surface area contributed by atoms with Crippen LogP contribution in [0.2, 0.25) is 0 Å². The molecular formula is C22H16N2O4. The van der Waals surface area contributed by atoms with E-state index in [1.54, 1.807) is 65.4 Å². The number of para-hydroxylation sites is 1. The third-order valence-electron chi connectivity index (χ3n) is 5.03. The fraction of sp³-hybridized carbons (Fsp3) is 0.0909. The number of carbonyl (C=O) groups is 2. The molecule has 0 bridgehead atoms. The van der Waals surface area contributed by atoms with E-state index in [9.17, 15) is 19.7 Å². The van der Waals surface area contributed by atoms with E-state index in [2.05, 4.69) is 0 Å². The van der Waals surface area contributed by atoms with Crippen molar-refractivity contribution in [2.45, 2.75) is 12.0 Å². The lowest BCUT2D eigenvalue weighted by atomic mass is 9.78. The lowest BCUT2D eigenvalue weighted by Gasteiger charge is -2.32. The van der Waals surface area contributed by atoms with Crippen molar-refractivity contribution >= 4 is 23.8 Å². The van der Waals surface area contributed by atoms with Gasteiger partial charge in [0.05, 0.1) is 4.92 Å². The first kappa shape index (κ1) is 17.6. The zero-order valence-corrected chi connectivity index (χ0v) is 14.8. The first-order valence-electron chi connectivity index (χ1n) is 8.78. The second-order valence-corrected chi connectivity index (χ2v) is 6.57. The van der Waals surface area contributed by atoms with Gasteiger partial charge >= 0.3 is 0 Å². The van der Waals surface area contributed by atoms with Crippen LogP contribution in [0.15, 0.2) is 78.5 Å². The predicted molar refractivity (Wildman–Crippen MR) is 104 cm³/mol. The summed E-state index contributed by atoms with van der Waals surface area (Å²) in [4.78, 5) is 36.5. The molecule has 2 unspecified atom stereocenters. The number of carbonyl (C=O) groups excluding carboxylic acids is 2. The topological polar surface area (TPSA) is 82.2 Å². The van der Waals surface area contributed by atoms with Gasteiger partial charge in [0.1, 0.15) is 12.3 Å². The summed E-state index contributed by atoms with van der Waals surface area (Å²) < 4.78 is 1.78. The number of nitro groups is 1. The van der Waals surface area contributed by atoms with Gasteiger partial charge in [-0.1, -0.05) is 48.5 Å². The van der Waals surface area contributed by atoms with Gasteiger partial charge in [-0.05, 0) is 18.2 Å². The molecule has 138 valence electrons. The van der Waals surface area contributed by atoms with Crippen LogP contribution in [0, 0.1) is 10.1 Å². The van der Waals surface area contributed by atoms with Crippen molar-refractivity contribution in [1.29, 1.82) is 0 Å². The first-order chi connectivity index (χ1) is 13.6. The molecule has 6 nitrogen and oxygen atoms in total. The molecule has 0 fully saturated rings. The van der Waals surface area contributed by atoms with E-state index in [1.807, 2.05) is 12.1 Å². The number of fused-ring (bicyclic) bond motifs is 1. The molecule has 1 aliphatic heterocycles. The minimum Gasteiger partial charge on any atom is -0.336 e. The van der Waals surface area contributed by atoms with Gasteiger partial charge in [-0.2, -0.15) is 0 Å². The lowest BCUT2D eigenvalue weighted by molar-refractivity contribution is -0.385. The Labute approximate surface area is 160 Å². The van der Waals surface area contributed by atoms with Crippen molar-refractivity contribution in [2.24, 2.45) is 0 Å². The Hall–Kier alpha value is -3.80. The van der Waals surface area contributed by atoms with Crippen LogP contribution < -0.4 is 0 Å². The number of rotatable bonds is 5. The highest BCUT2D eigenvalue weighted by atomic mass is 16.6. The fourth-order valence-electron chi connectivity index (χ4n) is 3.81. The highest BCUT2D eigenvalue weighted by Gasteiger charge is 2.40. The monoisotopic (exact) mass is 372 g/mol. The quantitative estimate of drug-likeness (QED) is 0.291. The Balaban J connectivity index is 1.95. The first-order valence-corrected chi connectivity index (χ1v) is 8.78.